The molecule has 1 saturated heterocycles. The molecule has 3 heterocycles. The number of hydrogen-bond donors (Lipinski definition) is 1. The maximum absolute atomic E-state index is 13.5. The molecule has 3 aromatic carbocycles. The van der Waals surface area contributed by atoms with E-state index in [1.807, 2.05) is 13.8 Å². The van der Waals surface area contributed by atoms with Gasteiger partial charge in [-0.1, -0.05) is 76.7 Å². The number of ether oxygens (including phenoxy) is 1. The maximum Gasteiger partial charge on any atom is 0.301 e. The van der Waals surface area contributed by atoms with E-state index >= 15 is 0 Å². The minimum absolute atomic E-state index is 0.0248. The summed E-state index contributed by atoms with van der Waals surface area (Å²) in [6.07, 6.45) is 0.718. The molecule has 0 radical (unpaired) electrons. The van der Waals surface area contributed by atoms with Crippen LogP contribution in [-0.2, 0) is 21.8 Å². The van der Waals surface area contributed by atoms with E-state index < -0.39 is 17.7 Å². The van der Waals surface area contributed by atoms with E-state index in [0.29, 0.717) is 32.7 Å². The normalized spacial score (nSPS) is 19.6. The molecule has 2 aliphatic heterocycles. The molecule has 0 bridgehead atoms. The standard InChI is InChI=1S/C30H24ClN3O4S2/c1-16-6-8-18(9-7-16)15-39-30-33-32-29(40-30)34-25(19-4-3-5-22(31)14-19)24(27(36)28(34)37)26(35)20-10-11-23-21(13-20)12-17(2)38-23/h3-11,13-14,17,25,35H,12,15H2,1-2H3/b26-24+/t17-,25-/m0/s1. The number of benzene rings is 3. The lowest BCUT2D eigenvalue weighted by Gasteiger charge is -2.22. The van der Waals surface area contributed by atoms with Gasteiger partial charge in [-0.3, -0.25) is 14.5 Å². The maximum atomic E-state index is 13.5. The summed E-state index contributed by atoms with van der Waals surface area (Å²) >= 11 is 9.05. The number of amides is 1. The Labute approximate surface area is 244 Å². The summed E-state index contributed by atoms with van der Waals surface area (Å²) in [5.41, 5.74) is 4.25. The molecule has 6 rings (SSSR count). The second-order valence-electron chi connectivity index (χ2n) is 9.80. The molecule has 1 N–H and O–H groups in total. The van der Waals surface area contributed by atoms with E-state index in [4.69, 9.17) is 16.3 Å². The minimum Gasteiger partial charge on any atom is -0.507 e. The first-order valence-corrected chi connectivity index (χ1v) is 14.8. The van der Waals surface area contributed by atoms with Crippen LogP contribution in [0.1, 0.15) is 40.8 Å². The number of carbonyl (C=O) groups is 2. The number of anilines is 1. The Morgan fingerprint density at radius 2 is 1.93 bits per heavy atom. The smallest absolute Gasteiger partial charge is 0.301 e. The van der Waals surface area contributed by atoms with Crippen molar-refractivity contribution >= 4 is 57.3 Å². The third-order valence-electron chi connectivity index (χ3n) is 6.86. The van der Waals surface area contributed by atoms with Gasteiger partial charge in [0.05, 0.1) is 11.6 Å². The summed E-state index contributed by atoms with van der Waals surface area (Å²) < 4.78 is 6.44. The number of hydrogen-bond acceptors (Lipinski definition) is 8. The van der Waals surface area contributed by atoms with Gasteiger partial charge in [0, 0.05) is 22.8 Å². The third-order valence-corrected chi connectivity index (χ3v) is 9.23. The number of thioether (sulfide) groups is 1. The fraction of sp³-hybridized carbons (Fsp3) is 0.200. The number of fused-ring (bicyclic) bond motifs is 1. The van der Waals surface area contributed by atoms with Crippen molar-refractivity contribution in [1.82, 2.24) is 10.2 Å². The highest BCUT2D eigenvalue weighted by Gasteiger charge is 2.48. The molecule has 1 fully saturated rings. The van der Waals surface area contributed by atoms with Crippen molar-refractivity contribution in [2.45, 2.75) is 42.5 Å². The van der Waals surface area contributed by atoms with E-state index in [-0.39, 0.29) is 22.6 Å². The molecule has 4 aromatic rings. The molecule has 2 aliphatic rings. The van der Waals surface area contributed by atoms with Gasteiger partial charge in [-0.05, 0) is 60.9 Å². The highest BCUT2D eigenvalue weighted by atomic mass is 35.5. The first-order valence-electron chi connectivity index (χ1n) is 12.7. The fourth-order valence-electron chi connectivity index (χ4n) is 4.93. The molecule has 7 nitrogen and oxygen atoms in total. The SMILES string of the molecule is Cc1ccc(CSc2nnc(N3C(=O)C(=O)/C(=C(/O)c4ccc5c(c4)C[C@H](C)O5)[C@@H]3c3cccc(Cl)c3)s2)cc1. The lowest BCUT2D eigenvalue weighted by molar-refractivity contribution is -0.132. The Balaban J connectivity index is 1.38. The van der Waals surface area contributed by atoms with Gasteiger partial charge in [-0.25, -0.2) is 0 Å². The van der Waals surface area contributed by atoms with Crippen molar-refractivity contribution < 1.29 is 19.4 Å². The van der Waals surface area contributed by atoms with Crippen LogP contribution in [0.3, 0.4) is 0 Å². The van der Waals surface area contributed by atoms with Gasteiger partial charge in [0.1, 0.15) is 17.6 Å². The fourth-order valence-corrected chi connectivity index (χ4v) is 6.96. The van der Waals surface area contributed by atoms with Crippen LogP contribution >= 0.6 is 34.7 Å². The first kappa shape index (κ1) is 26.6. The van der Waals surface area contributed by atoms with Crippen molar-refractivity contribution in [3.05, 3.63) is 105 Å². The topological polar surface area (TPSA) is 92.6 Å². The Bertz CT molecular complexity index is 1670. The number of nitrogens with zero attached hydrogens (tertiary/aromatic N) is 3. The molecule has 1 aromatic heterocycles. The minimum atomic E-state index is -0.926. The van der Waals surface area contributed by atoms with Crippen LogP contribution < -0.4 is 9.64 Å². The number of carbonyl (C=O) groups excluding carboxylic acids is 2. The number of aromatic nitrogens is 2. The van der Waals surface area contributed by atoms with Crippen LogP contribution in [0.4, 0.5) is 5.13 Å². The number of halogens is 1. The zero-order valence-electron chi connectivity index (χ0n) is 21.6. The molecule has 2 atom stereocenters. The lowest BCUT2D eigenvalue weighted by Crippen LogP contribution is -2.29. The van der Waals surface area contributed by atoms with Crippen molar-refractivity contribution in [2.75, 3.05) is 4.90 Å². The summed E-state index contributed by atoms with van der Waals surface area (Å²) in [6, 6.07) is 19.5. The Morgan fingerprint density at radius 1 is 1.12 bits per heavy atom. The van der Waals surface area contributed by atoms with E-state index in [1.165, 1.54) is 33.6 Å². The van der Waals surface area contributed by atoms with E-state index in [9.17, 15) is 14.7 Å². The molecule has 202 valence electrons. The summed E-state index contributed by atoms with van der Waals surface area (Å²) in [5.74, 6) is -0.397. The van der Waals surface area contributed by atoms with E-state index in [2.05, 4.69) is 34.5 Å². The Morgan fingerprint density at radius 3 is 2.70 bits per heavy atom. The molecule has 0 saturated carbocycles. The summed E-state index contributed by atoms with van der Waals surface area (Å²) in [5, 5.41) is 20.7. The van der Waals surface area contributed by atoms with Crippen LogP contribution in [-0.4, -0.2) is 33.1 Å². The summed E-state index contributed by atoms with van der Waals surface area (Å²) in [6.45, 7) is 4.01. The quantitative estimate of drug-likeness (QED) is 0.0875. The highest BCUT2D eigenvalue weighted by molar-refractivity contribution is 8.00. The molecule has 0 spiro atoms. The third kappa shape index (κ3) is 5.00. The van der Waals surface area contributed by atoms with Gasteiger partial charge in [-0.2, -0.15) is 0 Å². The van der Waals surface area contributed by atoms with Crippen LogP contribution in [0.2, 0.25) is 5.02 Å². The summed E-state index contributed by atoms with van der Waals surface area (Å²) in [7, 11) is 0. The van der Waals surface area contributed by atoms with Gasteiger partial charge in [-0.15, -0.1) is 10.2 Å². The van der Waals surface area contributed by atoms with Crippen molar-refractivity contribution in [1.29, 1.82) is 0 Å². The number of Topliss-reactive ketones (excluding diaryl/α,β-unsaturated/α-hetero) is 1. The number of aliphatic hydroxyl groups excluding tert-OH is 1. The average Bonchev–Trinajstić information content (AvgIpc) is 3.63. The number of ketones is 1. The molecule has 1 amide bonds. The summed E-state index contributed by atoms with van der Waals surface area (Å²) in [4.78, 5) is 28.3. The van der Waals surface area contributed by atoms with Crippen LogP contribution in [0.15, 0.2) is 76.6 Å². The molecule has 0 unspecified atom stereocenters. The predicted octanol–water partition coefficient (Wildman–Crippen LogP) is 6.74. The molecular weight excluding hydrogens is 566 g/mol. The van der Waals surface area contributed by atoms with Gasteiger partial charge in [0.2, 0.25) is 5.13 Å². The van der Waals surface area contributed by atoms with Gasteiger partial charge < -0.3 is 9.84 Å². The highest BCUT2D eigenvalue weighted by Crippen LogP contribution is 2.45. The van der Waals surface area contributed by atoms with Crippen molar-refractivity contribution in [2.24, 2.45) is 0 Å². The second kappa shape index (κ2) is 10.7. The zero-order chi connectivity index (χ0) is 28.0. The largest absolute Gasteiger partial charge is 0.507 e. The van der Waals surface area contributed by atoms with Crippen LogP contribution in [0.5, 0.6) is 5.75 Å². The predicted molar refractivity (Wildman–Crippen MR) is 157 cm³/mol. The van der Waals surface area contributed by atoms with Crippen molar-refractivity contribution in [3.8, 4) is 5.75 Å². The number of rotatable bonds is 6. The zero-order valence-corrected chi connectivity index (χ0v) is 24.0. The van der Waals surface area contributed by atoms with Crippen LogP contribution in [0, 0.1) is 6.92 Å². The van der Waals surface area contributed by atoms with Gasteiger partial charge in [0.15, 0.2) is 4.34 Å². The van der Waals surface area contributed by atoms with E-state index in [0.717, 1.165) is 16.9 Å². The number of aliphatic hydroxyl groups is 1. The molecule has 40 heavy (non-hydrogen) atoms. The Hall–Kier alpha value is -3.66. The molecule has 10 heteroatoms. The molecule has 0 aliphatic carbocycles. The molecular formula is C30H24ClN3O4S2. The monoisotopic (exact) mass is 589 g/mol. The first-order chi connectivity index (χ1) is 19.3. The number of aryl methyl sites for hydroxylation is 1. The van der Waals surface area contributed by atoms with Gasteiger partial charge >= 0.3 is 5.91 Å². The Kier molecular flexibility index (Phi) is 7.12. The van der Waals surface area contributed by atoms with Crippen LogP contribution in [0.25, 0.3) is 5.76 Å². The second-order valence-corrected chi connectivity index (χ2v) is 12.4. The van der Waals surface area contributed by atoms with E-state index in [1.54, 1.807) is 42.5 Å². The lowest BCUT2D eigenvalue weighted by atomic mass is 9.94. The van der Waals surface area contributed by atoms with Crippen molar-refractivity contribution in [3.63, 3.8) is 0 Å². The van der Waals surface area contributed by atoms with Gasteiger partial charge in [0.25, 0.3) is 5.78 Å². The average molecular weight is 590 g/mol.